The van der Waals surface area contributed by atoms with Gasteiger partial charge < -0.3 is 15.4 Å². The van der Waals surface area contributed by atoms with E-state index in [0.717, 1.165) is 36.3 Å². The lowest BCUT2D eigenvalue weighted by molar-refractivity contribution is 0.322. The van der Waals surface area contributed by atoms with Crippen LogP contribution in [0.2, 0.25) is 0 Å². The van der Waals surface area contributed by atoms with Crippen LogP contribution in [0.3, 0.4) is 0 Å². The summed E-state index contributed by atoms with van der Waals surface area (Å²) < 4.78 is 21.4. The molecule has 0 aliphatic heterocycles. The van der Waals surface area contributed by atoms with Gasteiger partial charge in [-0.25, -0.2) is 14.4 Å². The van der Waals surface area contributed by atoms with E-state index in [1.165, 1.54) is 6.07 Å². The molecule has 2 aromatic heterocycles. The van der Waals surface area contributed by atoms with E-state index in [1.807, 2.05) is 24.3 Å². The summed E-state index contributed by atoms with van der Waals surface area (Å²) in [5, 5.41) is 6.35. The van der Waals surface area contributed by atoms with E-state index < -0.39 is 0 Å². The number of hydrogen-bond acceptors (Lipinski definition) is 6. The molecule has 4 aromatic rings. The van der Waals surface area contributed by atoms with Gasteiger partial charge in [0, 0.05) is 11.7 Å². The molecule has 30 heavy (non-hydrogen) atoms. The standard InChI is InChI=1S/C22H21FN6O/c1-30-16-11-9-14(10-12-16)25-21-24-13-19-20(28-21)29(15-5-4-6-15)22(27-19)26-18-8-3-2-7-17(18)23/h2-3,7-13,15H,4-6H2,1H3,(H,26,27)(H,24,25,28). The van der Waals surface area contributed by atoms with Crippen LogP contribution in [0.4, 0.5) is 27.7 Å². The van der Waals surface area contributed by atoms with E-state index in [-0.39, 0.29) is 11.9 Å². The summed E-state index contributed by atoms with van der Waals surface area (Å²) in [6, 6.07) is 14.4. The largest absolute Gasteiger partial charge is 0.497 e. The van der Waals surface area contributed by atoms with Gasteiger partial charge >= 0.3 is 0 Å². The van der Waals surface area contributed by atoms with Gasteiger partial charge in [0.15, 0.2) is 5.65 Å². The van der Waals surface area contributed by atoms with Gasteiger partial charge in [-0.2, -0.15) is 4.98 Å². The van der Waals surface area contributed by atoms with Crippen LogP contribution in [0, 0.1) is 5.82 Å². The maximum Gasteiger partial charge on any atom is 0.229 e. The third kappa shape index (κ3) is 3.41. The number of anilines is 4. The average Bonchev–Trinajstić information content (AvgIpc) is 3.06. The fourth-order valence-corrected chi connectivity index (χ4v) is 3.52. The number of ether oxygens (including phenoxy) is 1. The number of benzene rings is 2. The molecule has 0 atom stereocenters. The molecule has 7 nitrogen and oxygen atoms in total. The first kappa shape index (κ1) is 18.4. The molecule has 0 saturated heterocycles. The molecule has 0 spiro atoms. The summed E-state index contributed by atoms with van der Waals surface area (Å²) >= 11 is 0. The predicted molar refractivity (Wildman–Crippen MR) is 114 cm³/mol. The van der Waals surface area contributed by atoms with Crippen molar-refractivity contribution in [2.24, 2.45) is 0 Å². The molecule has 2 aromatic carbocycles. The zero-order chi connectivity index (χ0) is 20.5. The van der Waals surface area contributed by atoms with Crippen LogP contribution in [-0.4, -0.2) is 26.6 Å². The van der Waals surface area contributed by atoms with Crippen molar-refractivity contribution >= 4 is 34.4 Å². The second-order valence-corrected chi connectivity index (χ2v) is 7.25. The Kier molecular flexibility index (Phi) is 4.66. The maximum atomic E-state index is 14.2. The Morgan fingerprint density at radius 1 is 1.03 bits per heavy atom. The quantitative estimate of drug-likeness (QED) is 0.461. The normalized spacial score (nSPS) is 13.8. The fraction of sp³-hybridized carbons (Fsp3) is 0.227. The smallest absolute Gasteiger partial charge is 0.229 e. The van der Waals surface area contributed by atoms with Gasteiger partial charge in [0.05, 0.1) is 19.0 Å². The second-order valence-electron chi connectivity index (χ2n) is 7.25. The lowest BCUT2D eigenvalue weighted by Crippen LogP contribution is -2.19. The first-order chi connectivity index (χ1) is 14.7. The zero-order valence-electron chi connectivity index (χ0n) is 16.5. The summed E-state index contributed by atoms with van der Waals surface area (Å²) in [7, 11) is 1.63. The minimum Gasteiger partial charge on any atom is -0.497 e. The highest BCUT2D eigenvalue weighted by Crippen LogP contribution is 2.37. The predicted octanol–water partition coefficient (Wildman–Crippen LogP) is 5.19. The second kappa shape index (κ2) is 7.62. The van der Waals surface area contributed by atoms with Crippen molar-refractivity contribution in [2.45, 2.75) is 25.3 Å². The first-order valence-corrected chi connectivity index (χ1v) is 9.89. The molecule has 5 rings (SSSR count). The minimum absolute atomic E-state index is 0.285. The summed E-state index contributed by atoms with van der Waals surface area (Å²) in [4.78, 5) is 13.7. The first-order valence-electron chi connectivity index (χ1n) is 9.89. The van der Waals surface area contributed by atoms with Crippen LogP contribution in [-0.2, 0) is 0 Å². The third-order valence-corrected chi connectivity index (χ3v) is 5.34. The third-order valence-electron chi connectivity index (χ3n) is 5.34. The van der Waals surface area contributed by atoms with Gasteiger partial charge in [-0.1, -0.05) is 12.1 Å². The van der Waals surface area contributed by atoms with Crippen LogP contribution in [0.25, 0.3) is 11.2 Å². The molecular formula is C22H21FN6O. The molecule has 0 amide bonds. The number of nitrogens with one attached hydrogen (secondary N) is 2. The Labute approximate surface area is 173 Å². The molecule has 1 saturated carbocycles. The molecule has 2 heterocycles. The van der Waals surface area contributed by atoms with Crippen molar-refractivity contribution in [1.82, 2.24) is 19.5 Å². The van der Waals surface area contributed by atoms with E-state index in [0.29, 0.717) is 23.1 Å². The van der Waals surface area contributed by atoms with Crippen LogP contribution in [0.1, 0.15) is 25.3 Å². The maximum absolute atomic E-state index is 14.2. The Morgan fingerprint density at radius 3 is 2.53 bits per heavy atom. The molecule has 0 radical (unpaired) electrons. The number of nitrogens with zero attached hydrogens (tertiary/aromatic N) is 4. The lowest BCUT2D eigenvalue weighted by Gasteiger charge is -2.28. The SMILES string of the molecule is COc1ccc(Nc2ncc3nc(Nc4ccccc4F)n(C4CCC4)c3n2)cc1. The van der Waals surface area contributed by atoms with Crippen LogP contribution >= 0.6 is 0 Å². The molecule has 0 bridgehead atoms. The van der Waals surface area contributed by atoms with E-state index in [9.17, 15) is 4.39 Å². The van der Waals surface area contributed by atoms with Crippen molar-refractivity contribution in [1.29, 1.82) is 0 Å². The summed E-state index contributed by atoms with van der Waals surface area (Å²) in [5.41, 5.74) is 2.64. The Balaban J connectivity index is 1.51. The molecule has 1 aliphatic rings. The molecular weight excluding hydrogens is 383 g/mol. The number of fused-ring (bicyclic) bond motifs is 1. The van der Waals surface area contributed by atoms with E-state index in [1.54, 1.807) is 31.5 Å². The number of para-hydroxylation sites is 1. The van der Waals surface area contributed by atoms with Crippen LogP contribution in [0.15, 0.2) is 54.7 Å². The number of methoxy groups -OCH3 is 1. The lowest BCUT2D eigenvalue weighted by atomic mass is 9.93. The van der Waals surface area contributed by atoms with Gasteiger partial charge in [0.25, 0.3) is 0 Å². The minimum atomic E-state index is -0.322. The number of hydrogen-bond donors (Lipinski definition) is 2. The molecule has 0 unspecified atom stereocenters. The number of imidazole rings is 1. The van der Waals surface area contributed by atoms with E-state index >= 15 is 0 Å². The summed E-state index contributed by atoms with van der Waals surface area (Å²) in [6.45, 7) is 0. The summed E-state index contributed by atoms with van der Waals surface area (Å²) in [5.74, 6) is 1.52. The molecule has 1 fully saturated rings. The van der Waals surface area contributed by atoms with Crippen molar-refractivity contribution in [3.05, 3.63) is 60.5 Å². The molecule has 2 N–H and O–H groups in total. The number of halogens is 1. The van der Waals surface area contributed by atoms with E-state index in [4.69, 9.17) is 9.72 Å². The zero-order valence-corrected chi connectivity index (χ0v) is 16.5. The molecule has 1 aliphatic carbocycles. The Bertz CT molecular complexity index is 1190. The Morgan fingerprint density at radius 2 is 1.83 bits per heavy atom. The average molecular weight is 404 g/mol. The Hall–Kier alpha value is -3.68. The highest BCUT2D eigenvalue weighted by Gasteiger charge is 2.26. The molecule has 8 heteroatoms. The van der Waals surface area contributed by atoms with E-state index in [2.05, 4.69) is 25.2 Å². The monoisotopic (exact) mass is 404 g/mol. The number of aromatic nitrogens is 4. The molecule has 152 valence electrons. The van der Waals surface area contributed by atoms with Gasteiger partial charge in [0.2, 0.25) is 11.9 Å². The summed E-state index contributed by atoms with van der Waals surface area (Å²) in [6.07, 6.45) is 4.94. The fourth-order valence-electron chi connectivity index (χ4n) is 3.52. The van der Waals surface area contributed by atoms with Gasteiger partial charge in [-0.3, -0.25) is 4.57 Å². The van der Waals surface area contributed by atoms with Crippen molar-refractivity contribution in [3.63, 3.8) is 0 Å². The van der Waals surface area contributed by atoms with Crippen LogP contribution in [0.5, 0.6) is 5.75 Å². The topological polar surface area (TPSA) is 76.9 Å². The van der Waals surface area contributed by atoms with Crippen LogP contribution < -0.4 is 15.4 Å². The van der Waals surface area contributed by atoms with Gasteiger partial charge in [-0.15, -0.1) is 0 Å². The number of rotatable bonds is 6. The van der Waals surface area contributed by atoms with Crippen molar-refractivity contribution < 1.29 is 9.13 Å². The van der Waals surface area contributed by atoms with Crippen molar-refractivity contribution in [2.75, 3.05) is 17.7 Å². The highest BCUT2D eigenvalue weighted by atomic mass is 19.1. The van der Waals surface area contributed by atoms with Gasteiger partial charge in [-0.05, 0) is 55.7 Å². The van der Waals surface area contributed by atoms with Crippen molar-refractivity contribution in [3.8, 4) is 5.75 Å². The highest BCUT2D eigenvalue weighted by molar-refractivity contribution is 5.77. The van der Waals surface area contributed by atoms with Gasteiger partial charge in [0.1, 0.15) is 17.1 Å².